The fourth-order valence-electron chi connectivity index (χ4n) is 6.76. The highest BCUT2D eigenvalue weighted by atomic mass is 15.4. The first-order chi connectivity index (χ1) is 27.8. The summed E-state index contributed by atoms with van der Waals surface area (Å²) in [5, 5.41) is 28.2. The molecule has 0 aliphatic rings. The van der Waals surface area contributed by atoms with Crippen LogP contribution in [0.2, 0.25) is 0 Å². The van der Waals surface area contributed by atoms with Crippen LogP contribution in [0.4, 0.5) is 0 Å². The number of benzene rings is 2. The van der Waals surface area contributed by atoms with E-state index in [1.165, 1.54) is 0 Å². The van der Waals surface area contributed by atoms with Gasteiger partial charge in [0, 0.05) is 59.3 Å². The number of rotatable bonds is 9. The molecule has 0 radical (unpaired) electrons. The predicted molar refractivity (Wildman–Crippen MR) is 220 cm³/mol. The van der Waals surface area contributed by atoms with Gasteiger partial charge in [-0.25, -0.2) is 19.3 Å². The number of aromatic nitrogens is 14. The Morgan fingerprint density at radius 2 is 1.09 bits per heavy atom. The molecule has 0 bridgehead atoms. The summed E-state index contributed by atoms with van der Waals surface area (Å²) >= 11 is 0. The van der Waals surface area contributed by atoms with Gasteiger partial charge in [0.2, 0.25) is 0 Å². The zero-order chi connectivity index (χ0) is 38.9. The molecule has 0 unspecified atom stereocenters. The maximum atomic E-state index is 4.83. The molecule has 0 atom stereocenters. The van der Waals surface area contributed by atoms with Crippen molar-refractivity contribution in [2.45, 2.75) is 53.4 Å². The average Bonchev–Trinajstić information content (AvgIpc) is 4.06. The minimum Gasteiger partial charge on any atom is -0.272 e. The van der Waals surface area contributed by atoms with Gasteiger partial charge in [0.1, 0.15) is 11.0 Å². The molecular formula is C43H40N14. The highest BCUT2D eigenvalue weighted by molar-refractivity contribution is 5.80. The van der Waals surface area contributed by atoms with Crippen LogP contribution in [0.15, 0.2) is 122 Å². The lowest BCUT2D eigenvalue weighted by Crippen LogP contribution is -2.04. The Morgan fingerprint density at radius 1 is 0.561 bits per heavy atom. The first-order valence-corrected chi connectivity index (χ1v) is 19.0. The van der Waals surface area contributed by atoms with Gasteiger partial charge in [-0.1, -0.05) is 48.5 Å². The van der Waals surface area contributed by atoms with Gasteiger partial charge in [-0.3, -0.25) is 19.3 Å². The molecule has 57 heavy (non-hydrogen) atoms. The number of nitrogens with zero attached hydrogens (tertiary/aromatic N) is 14. The summed E-state index contributed by atoms with van der Waals surface area (Å²) < 4.78 is 7.57. The van der Waals surface area contributed by atoms with Crippen molar-refractivity contribution in [2.24, 2.45) is 5.92 Å². The molecular weight excluding hydrogens is 713 g/mol. The van der Waals surface area contributed by atoms with Crippen molar-refractivity contribution in [1.29, 1.82) is 0 Å². The third-order valence-corrected chi connectivity index (χ3v) is 9.63. The van der Waals surface area contributed by atoms with Crippen LogP contribution < -0.4 is 0 Å². The zero-order valence-electron chi connectivity index (χ0n) is 32.1. The first kappa shape index (κ1) is 35.5. The molecule has 8 aromatic heterocycles. The van der Waals surface area contributed by atoms with Crippen molar-refractivity contribution in [1.82, 2.24) is 69.5 Å². The third-order valence-electron chi connectivity index (χ3n) is 9.63. The van der Waals surface area contributed by atoms with E-state index in [-0.39, 0.29) is 0 Å². The highest BCUT2D eigenvalue weighted by Crippen LogP contribution is 2.23. The smallest absolute Gasteiger partial charge is 0.179 e. The predicted octanol–water partition coefficient (Wildman–Crippen LogP) is 7.81. The molecule has 10 rings (SSSR count). The first-order valence-electron chi connectivity index (χ1n) is 19.0. The Labute approximate surface area is 327 Å². The molecule has 282 valence electrons. The van der Waals surface area contributed by atoms with Gasteiger partial charge < -0.3 is 0 Å². The molecule has 8 heterocycles. The van der Waals surface area contributed by atoms with Crippen LogP contribution in [0.1, 0.15) is 44.9 Å². The zero-order valence-corrected chi connectivity index (χ0v) is 32.1. The van der Waals surface area contributed by atoms with Gasteiger partial charge >= 0.3 is 0 Å². The average molecular weight is 753 g/mol. The fraction of sp³-hybridized carbons (Fsp3) is 0.209. The second kappa shape index (κ2) is 15.1. The lowest BCUT2D eigenvalue weighted by molar-refractivity contribution is 0.483. The minimum atomic E-state index is 0.312. The molecule has 2 aromatic carbocycles. The third kappa shape index (κ3) is 7.57. The number of fused-ring (bicyclic) bond motifs is 4. The van der Waals surface area contributed by atoms with Crippen LogP contribution in [0.25, 0.3) is 66.6 Å². The monoisotopic (exact) mass is 752 g/mol. The molecule has 10 aromatic rings. The Morgan fingerprint density at radius 3 is 1.61 bits per heavy atom. The van der Waals surface area contributed by atoms with E-state index >= 15 is 0 Å². The summed E-state index contributed by atoms with van der Waals surface area (Å²) in [5.41, 5.74) is 11.1. The van der Waals surface area contributed by atoms with E-state index in [0.29, 0.717) is 25.0 Å². The lowest BCUT2D eigenvalue weighted by atomic mass is 10.1. The summed E-state index contributed by atoms with van der Waals surface area (Å²) in [6.45, 7) is 10.7. The largest absolute Gasteiger partial charge is 0.272 e. The number of pyridine rings is 4. The number of hydrogen-bond donors (Lipinski definition) is 0. The minimum absolute atomic E-state index is 0.312. The maximum absolute atomic E-state index is 4.83. The van der Waals surface area contributed by atoms with E-state index in [2.05, 4.69) is 105 Å². The lowest BCUT2D eigenvalue weighted by Gasteiger charge is -2.05. The fourth-order valence-corrected chi connectivity index (χ4v) is 6.76. The van der Waals surface area contributed by atoms with E-state index in [0.717, 1.165) is 84.3 Å². The van der Waals surface area contributed by atoms with Crippen LogP contribution >= 0.6 is 0 Å². The summed E-state index contributed by atoms with van der Waals surface area (Å²) in [6, 6.07) is 28.7. The summed E-state index contributed by atoms with van der Waals surface area (Å²) in [7, 11) is 0. The van der Waals surface area contributed by atoms with Gasteiger partial charge in [-0.05, 0) is 91.6 Å². The summed E-state index contributed by atoms with van der Waals surface area (Å²) in [6.07, 6.45) is 11.4. The highest BCUT2D eigenvalue weighted by Gasteiger charge is 2.13. The molecule has 14 nitrogen and oxygen atoms in total. The molecule has 0 saturated carbocycles. The van der Waals surface area contributed by atoms with Crippen molar-refractivity contribution in [3.8, 4) is 22.5 Å². The Hall–Kier alpha value is -7.22. The molecule has 0 saturated heterocycles. The molecule has 0 amide bonds. The Balaban J connectivity index is 0.000000148. The molecule has 0 aliphatic heterocycles. The van der Waals surface area contributed by atoms with Gasteiger partial charge in [0.15, 0.2) is 11.3 Å². The second-order valence-corrected chi connectivity index (χ2v) is 14.8. The van der Waals surface area contributed by atoms with E-state index in [1.807, 2.05) is 98.2 Å². The van der Waals surface area contributed by atoms with Crippen LogP contribution in [-0.4, -0.2) is 69.5 Å². The maximum Gasteiger partial charge on any atom is 0.179 e. The molecule has 0 aliphatic carbocycles. The van der Waals surface area contributed by atoms with Crippen molar-refractivity contribution < 1.29 is 0 Å². The Kier molecular flexibility index (Phi) is 9.42. The van der Waals surface area contributed by atoms with Crippen LogP contribution in [0.5, 0.6) is 0 Å². The van der Waals surface area contributed by atoms with E-state index in [1.54, 1.807) is 6.20 Å². The summed E-state index contributed by atoms with van der Waals surface area (Å²) in [4.78, 5) is 18.4. The molecule has 0 N–H and O–H groups in total. The van der Waals surface area contributed by atoms with Crippen LogP contribution in [-0.2, 0) is 19.6 Å². The quantitative estimate of drug-likeness (QED) is 0.143. The van der Waals surface area contributed by atoms with Gasteiger partial charge in [-0.2, -0.15) is 10.2 Å². The SMILES string of the molecule is CC(C)Cn1cc(-c2ccc3nnn(Cc4ccc5ncccc5c4)c3n2)cn1.CC(C)n1cc(-c2ccc3nnn(Cc4ccc5ncccc5c4)c3n2)cn1. The van der Waals surface area contributed by atoms with Gasteiger partial charge in [0.25, 0.3) is 0 Å². The topological polar surface area (TPSA) is 149 Å². The van der Waals surface area contributed by atoms with Crippen molar-refractivity contribution in [3.63, 3.8) is 0 Å². The van der Waals surface area contributed by atoms with Gasteiger partial charge in [0.05, 0.1) is 47.9 Å². The standard InChI is InChI=1S/C22H21N7.C21H19N7/c1-15(2)12-28-14-18(11-24-28)20-7-8-21-22(25-20)29(27-26-21)13-16-5-6-19-17(10-16)4-3-9-23-19;1-14(2)27-13-17(11-23-27)19-7-8-20-21(24-19)28(26-25-20)12-15-5-6-18-16(10-15)4-3-9-22-18/h3-11,14-15H,12-13H2,1-2H3;3-11,13-14H,12H2,1-2H3. The van der Waals surface area contributed by atoms with E-state index < -0.39 is 0 Å². The van der Waals surface area contributed by atoms with Gasteiger partial charge in [-0.15, -0.1) is 10.2 Å². The van der Waals surface area contributed by atoms with Crippen molar-refractivity contribution in [3.05, 3.63) is 133 Å². The van der Waals surface area contributed by atoms with Crippen molar-refractivity contribution >= 4 is 44.1 Å². The Bertz CT molecular complexity index is 2990. The molecule has 0 spiro atoms. The summed E-state index contributed by atoms with van der Waals surface area (Å²) in [5.74, 6) is 0.543. The number of hydrogen-bond acceptors (Lipinski definition) is 10. The normalized spacial score (nSPS) is 11.7. The molecule has 0 fully saturated rings. The second-order valence-electron chi connectivity index (χ2n) is 14.8. The van der Waals surface area contributed by atoms with Crippen LogP contribution in [0, 0.1) is 5.92 Å². The van der Waals surface area contributed by atoms with E-state index in [4.69, 9.17) is 9.97 Å². The van der Waals surface area contributed by atoms with E-state index in [9.17, 15) is 0 Å². The van der Waals surface area contributed by atoms with Crippen molar-refractivity contribution in [2.75, 3.05) is 0 Å². The molecule has 14 heteroatoms. The van der Waals surface area contributed by atoms with Crippen LogP contribution in [0.3, 0.4) is 0 Å².